The highest BCUT2D eigenvalue weighted by Crippen LogP contribution is 2.40. The number of carbonyl (C=O) groups is 1. The number of anilines is 1. The molecule has 0 radical (unpaired) electrons. The van der Waals surface area contributed by atoms with E-state index in [9.17, 15) is 18.0 Å². The fourth-order valence-corrected chi connectivity index (χ4v) is 3.70. The van der Waals surface area contributed by atoms with Crippen LogP contribution in [0.25, 0.3) is 16.9 Å². The van der Waals surface area contributed by atoms with Crippen molar-refractivity contribution in [3.05, 3.63) is 82.6 Å². The summed E-state index contributed by atoms with van der Waals surface area (Å²) in [6.45, 7) is 1.71. The second-order valence-electron chi connectivity index (χ2n) is 7.86. The molecule has 2 aromatic heterocycles. The number of hydrogen-bond donors (Lipinski definition) is 2. The first kappa shape index (κ1) is 25.0. The van der Waals surface area contributed by atoms with Crippen LogP contribution in [-0.2, 0) is 11.2 Å². The molecule has 4 rings (SSSR count). The number of carboxylic acid groups (broad SMARTS) is 1. The van der Waals surface area contributed by atoms with Crippen LogP contribution in [0.5, 0.6) is 5.88 Å². The number of benzene rings is 2. The van der Waals surface area contributed by atoms with Crippen LogP contribution in [0.4, 0.5) is 19.1 Å². The van der Waals surface area contributed by atoms with Gasteiger partial charge in [-0.25, -0.2) is 9.67 Å². The Morgan fingerprint density at radius 2 is 1.86 bits per heavy atom. The maximum atomic E-state index is 14.3. The number of halogens is 4. The number of rotatable bonds is 7. The smallest absolute Gasteiger partial charge is 0.429 e. The molecule has 0 fully saturated rings. The molecule has 0 aliphatic heterocycles. The van der Waals surface area contributed by atoms with E-state index in [1.807, 2.05) is 0 Å². The molecule has 1 atom stereocenters. The number of carboxylic acids is 1. The van der Waals surface area contributed by atoms with Gasteiger partial charge in [-0.1, -0.05) is 41.9 Å². The molecular weight excluding hydrogens is 499 g/mol. The number of aryl methyl sites for hydroxylation is 1. The summed E-state index contributed by atoms with van der Waals surface area (Å²) in [5.74, 6) is -1.68. The van der Waals surface area contributed by atoms with E-state index in [2.05, 4.69) is 15.1 Å². The van der Waals surface area contributed by atoms with E-state index in [1.165, 1.54) is 35.1 Å². The zero-order valence-corrected chi connectivity index (χ0v) is 19.5. The van der Waals surface area contributed by atoms with Crippen LogP contribution in [0.2, 0.25) is 5.02 Å². The van der Waals surface area contributed by atoms with E-state index < -0.39 is 24.1 Å². The second kappa shape index (κ2) is 9.86. The molecule has 12 heteroatoms. The lowest BCUT2D eigenvalue weighted by molar-refractivity contribution is -0.198. The summed E-state index contributed by atoms with van der Waals surface area (Å²) in [5, 5.41) is 13.3. The number of ether oxygens (including phenoxy) is 1. The van der Waals surface area contributed by atoms with Gasteiger partial charge in [-0.15, -0.1) is 0 Å². The summed E-state index contributed by atoms with van der Waals surface area (Å²) in [4.78, 5) is 18.8. The molecule has 0 saturated heterocycles. The minimum Gasteiger partial charge on any atom is -0.481 e. The van der Waals surface area contributed by atoms with Crippen LogP contribution in [0.15, 0.2) is 60.8 Å². The van der Waals surface area contributed by atoms with Crippen LogP contribution in [-0.4, -0.2) is 37.0 Å². The lowest BCUT2D eigenvalue weighted by Gasteiger charge is -2.24. The van der Waals surface area contributed by atoms with E-state index in [-0.39, 0.29) is 34.3 Å². The van der Waals surface area contributed by atoms with Crippen molar-refractivity contribution >= 4 is 23.5 Å². The van der Waals surface area contributed by atoms with Crippen LogP contribution in [0.3, 0.4) is 0 Å². The molecule has 2 heterocycles. The average molecular weight is 518 g/mol. The van der Waals surface area contributed by atoms with E-state index >= 15 is 0 Å². The molecule has 0 aliphatic rings. The summed E-state index contributed by atoms with van der Waals surface area (Å²) in [5.41, 5.74) is 7.48. The minimum absolute atomic E-state index is 0.0918. The largest absolute Gasteiger partial charge is 0.481 e. The van der Waals surface area contributed by atoms with Gasteiger partial charge < -0.3 is 15.6 Å². The highest BCUT2D eigenvalue weighted by atomic mass is 35.5. The highest BCUT2D eigenvalue weighted by Gasteiger charge is 2.45. The normalized spacial score (nSPS) is 12.4. The van der Waals surface area contributed by atoms with Crippen LogP contribution in [0, 0.1) is 6.92 Å². The highest BCUT2D eigenvalue weighted by molar-refractivity contribution is 6.30. The van der Waals surface area contributed by atoms with E-state index in [0.717, 1.165) is 0 Å². The van der Waals surface area contributed by atoms with Gasteiger partial charge in [0.2, 0.25) is 17.9 Å². The number of hydrogen-bond acceptors (Lipinski definition) is 6. The Bertz CT molecular complexity index is 1410. The summed E-state index contributed by atoms with van der Waals surface area (Å²) in [6, 6.07) is 13.1. The van der Waals surface area contributed by atoms with Gasteiger partial charge in [0.15, 0.2) is 0 Å². The Labute approximate surface area is 208 Å². The van der Waals surface area contributed by atoms with Crippen LogP contribution < -0.4 is 10.5 Å². The molecule has 0 spiro atoms. The molecule has 186 valence electrons. The second-order valence-corrected chi connectivity index (χ2v) is 8.30. The third kappa shape index (κ3) is 5.74. The Morgan fingerprint density at radius 3 is 2.47 bits per heavy atom. The molecule has 8 nitrogen and oxygen atoms in total. The molecule has 4 aromatic rings. The van der Waals surface area contributed by atoms with Gasteiger partial charge >= 0.3 is 12.1 Å². The first-order chi connectivity index (χ1) is 17.0. The van der Waals surface area contributed by atoms with Gasteiger partial charge in [-0.3, -0.25) is 4.79 Å². The first-order valence-corrected chi connectivity index (χ1v) is 10.9. The number of aromatic nitrogens is 4. The number of nitrogens with zero attached hydrogens (tertiary/aromatic N) is 4. The van der Waals surface area contributed by atoms with Gasteiger partial charge in [-0.05, 0) is 30.7 Å². The van der Waals surface area contributed by atoms with Crippen LogP contribution >= 0.6 is 11.6 Å². The first-order valence-electron chi connectivity index (χ1n) is 10.5. The molecule has 0 amide bonds. The zero-order chi connectivity index (χ0) is 26.0. The third-order valence-electron chi connectivity index (χ3n) is 5.11. The van der Waals surface area contributed by atoms with Crippen molar-refractivity contribution in [3.63, 3.8) is 0 Å². The van der Waals surface area contributed by atoms with Gasteiger partial charge in [0.1, 0.15) is 0 Å². The molecule has 1 unspecified atom stereocenters. The van der Waals surface area contributed by atoms with Crippen molar-refractivity contribution in [3.8, 4) is 22.8 Å². The predicted octanol–water partition coefficient (Wildman–Crippen LogP) is 5.18. The standard InChI is InChI=1S/C24H19ClF3N5O3/c1-13-8-9-33(32-13)19-11-16(25)6-7-17(19)22(24(26,27)28)36-20-12-18(30-23(29)31-20)15-4-2-14(3-5-15)10-21(34)35/h2-9,11-12,22H,10H2,1H3,(H,34,35)(H2,29,30,31). The SMILES string of the molecule is Cc1ccn(-c2cc(Cl)ccc2C(Oc2cc(-c3ccc(CC(=O)O)cc3)nc(N)n2)C(F)(F)F)n1. The molecule has 36 heavy (non-hydrogen) atoms. The Morgan fingerprint density at radius 1 is 1.14 bits per heavy atom. The molecular formula is C24H19ClF3N5O3. The number of aliphatic carboxylic acids is 1. The molecule has 0 bridgehead atoms. The molecule has 0 aliphatic carbocycles. The third-order valence-corrected chi connectivity index (χ3v) is 5.34. The number of nitrogens with two attached hydrogens (primary N) is 1. The topological polar surface area (TPSA) is 116 Å². The molecule has 2 aromatic carbocycles. The van der Waals surface area contributed by atoms with Crippen molar-refractivity contribution in [2.24, 2.45) is 0 Å². The Hall–Kier alpha value is -4.12. The molecule has 3 N–H and O–H groups in total. The van der Waals surface area contributed by atoms with Crippen molar-refractivity contribution in [2.45, 2.75) is 25.6 Å². The monoisotopic (exact) mass is 517 g/mol. The number of alkyl halides is 3. The van der Waals surface area contributed by atoms with Gasteiger partial charge in [0.05, 0.1) is 23.5 Å². The summed E-state index contributed by atoms with van der Waals surface area (Å²) < 4.78 is 49.4. The van der Waals surface area contributed by atoms with Crippen molar-refractivity contribution in [2.75, 3.05) is 5.73 Å². The quantitative estimate of drug-likeness (QED) is 0.347. The maximum absolute atomic E-state index is 14.3. The number of nitrogen functional groups attached to an aromatic ring is 1. The summed E-state index contributed by atoms with van der Waals surface area (Å²) in [6.07, 6.45) is -5.91. The lowest BCUT2D eigenvalue weighted by Crippen LogP contribution is -2.28. The predicted molar refractivity (Wildman–Crippen MR) is 126 cm³/mol. The fraction of sp³-hybridized carbons (Fsp3) is 0.167. The van der Waals surface area contributed by atoms with Crippen molar-refractivity contribution in [1.82, 2.24) is 19.7 Å². The van der Waals surface area contributed by atoms with Gasteiger partial charge in [0.25, 0.3) is 0 Å². The zero-order valence-electron chi connectivity index (χ0n) is 18.7. The Balaban J connectivity index is 1.72. The Kier molecular flexibility index (Phi) is 6.84. The van der Waals surface area contributed by atoms with E-state index in [4.69, 9.17) is 27.2 Å². The minimum atomic E-state index is -4.83. The lowest BCUT2D eigenvalue weighted by atomic mass is 10.1. The van der Waals surface area contributed by atoms with Crippen molar-refractivity contribution in [1.29, 1.82) is 0 Å². The maximum Gasteiger partial charge on any atom is 0.429 e. The summed E-state index contributed by atoms with van der Waals surface area (Å²) >= 11 is 6.07. The van der Waals surface area contributed by atoms with E-state index in [1.54, 1.807) is 37.3 Å². The van der Waals surface area contributed by atoms with Crippen LogP contribution in [0.1, 0.15) is 22.9 Å². The van der Waals surface area contributed by atoms with Crippen molar-refractivity contribution < 1.29 is 27.8 Å². The van der Waals surface area contributed by atoms with Gasteiger partial charge in [0, 0.05) is 28.4 Å². The van der Waals surface area contributed by atoms with Gasteiger partial charge in [-0.2, -0.15) is 23.3 Å². The molecule has 0 saturated carbocycles. The summed E-state index contributed by atoms with van der Waals surface area (Å²) in [7, 11) is 0. The van der Waals surface area contributed by atoms with E-state index in [0.29, 0.717) is 16.8 Å². The average Bonchev–Trinajstić information content (AvgIpc) is 3.23. The fourth-order valence-electron chi connectivity index (χ4n) is 3.53.